The third-order valence-electron chi connectivity index (χ3n) is 4.24. The molecule has 2 saturated heterocycles. The van der Waals surface area contributed by atoms with E-state index in [2.05, 4.69) is 5.32 Å². The molecule has 0 aliphatic carbocycles. The number of carbonyl (C=O) groups is 1. The van der Waals surface area contributed by atoms with Crippen LogP contribution in [-0.4, -0.2) is 42.4 Å². The first-order chi connectivity index (χ1) is 9.08. The molecule has 2 atom stereocenters. The predicted molar refractivity (Wildman–Crippen MR) is 70.2 cm³/mol. The second kappa shape index (κ2) is 6.64. The highest BCUT2D eigenvalue weighted by molar-refractivity contribution is 5.76. The van der Waals surface area contributed by atoms with Gasteiger partial charge in [0.1, 0.15) is 0 Å². The lowest BCUT2D eigenvalue weighted by Crippen LogP contribution is -2.41. The van der Waals surface area contributed by atoms with Gasteiger partial charge >= 0.3 is 0 Å². The van der Waals surface area contributed by atoms with E-state index in [0.717, 1.165) is 19.3 Å². The second-order valence-electron chi connectivity index (χ2n) is 5.91. The fourth-order valence-electron chi connectivity index (χ4n) is 3.47. The molecule has 0 radical (unpaired) electrons. The molecule has 3 nitrogen and oxygen atoms in total. The minimum Gasteiger partial charge on any atom is -0.337 e. The van der Waals surface area contributed by atoms with Crippen LogP contribution < -0.4 is 5.32 Å². The first-order valence-corrected chi connectivity index (χ1v) is 7.40. The van der Waals surface area contributed by atoms with Crippen LogP contribution in [0.4, 0.5) is 8.78 Å². The summed E-state index contributed by atoms with van der Waals surface area (Å²) in [6.45, 7) is 1.95. The predicted octanol–water partition coefficient (Wildman–Crippen LogP) is 2.41. The molecule has 1 N–H and O–H groups in total. The number of rotatable bonds is 6. The Kier molecular flexibility index (Phi) is 5.13. The van der Waals surface area contributed by atoms with Gasteiger partial charge in [0.15, 0.2) is 0 Å². The second-order valence-corrected chi connectivity index (χ2v) is 5.91. The number of halogens is 2. The van der Waals surface area contributed by atoms with Crippen molar-refractivity contribution in [3.05, 3.63) is 0 Å². The molecule has 2 bridgehead atoms. The molecule has 0 aromatic heterocycles. The summed E-state index contributed by atoms with van der Waals surface area (Å²) in [5.74, 6) is 0.289. The minimum atomic E-state index is -2.43. The molecule has 2 heterocycles. The Morgan fingerprint density at radius 1 is 1.32 bits per heavy atom. The summed E-state index contributed by atoms with van der Waals surface area (Å²) in [6.07, 6.45) is 3.20. The molecule has 2 aliphatic heterocycles. The Morgan fingerprint density at radius 3 is 2.47 bits per heavy atom. The van der Waals surface area contributed by atoms with Crippen molar-refractivity contribution < 1.29 is 13.6 Å². The number of nitrogens with zero attached hydrogens (tertiary/aromatic N) is 1. The van der Waals surface area contributed by atoms with Crippen LogP contribution in [0.25, 0.3) is 0 Å². The Balaban J connectivity index is 1.84. The smallest absolute Gasteiger partial charge is 0.255 e. The average molecular weight is 274 g/mol. The van der Waals surface area contributed by atoms with Gasteiger partial charge in [-0.05, 0) is 38.0 Å². The standard InChI is InChI=1S/C14H24F2N2O/c1-2-5-18(9-13(15)16)14(19)8-10-6-11-3-4-12(7-10)17-11/h10-13,17H,2-9H2,1H3. The van der Waals surface area contributed by atoms with E-state index in [4.69, 9.17) is 0 Å². The van der Waals surface area contributed by atoms with E-state index in [9.17, 15) is 13.6 Å². The molecule has 2 fully saturated rings. The normalized spacial score (nSPS) is 29.8. The molecule has 0 saturated carbocycles. The summed E-state index contributed by atoms with van der Waals surface area (Å²) >= 11 is 0. The van der Waals surface area contributed by atoms with Crippen molar-refractivity contribution in [2.45, 2.75) is 64.0 Å². The molecule has 2 rings (SSSR count). The Hall–Kier alpha value is -0.710. The number of hydrogen-bond acceptors (Lipinski definition) is 2. The molecule has 2 aliphatic rings. The van der Waals surface area contributed by atoms with Gasteiger partial charge in [-0.2, -0.15) is 0 Å². The molecular formula is C14H24F2N2O. The molecular weight excluding hydrogens is 250 g/mol. The monoisotopic (exact) mass is 274 g/mol. The third kappa shape index (κ3) is 4.13. The zero-order valence-corrected chi connectivity index (χ0v) is 11.6. The van der Waals surface area contributed by atoms with Crippen LogP contribution in [0.3, 0.4) is 0 Å². The number of fused-ring (bicyclic) bond motifs is 2. The molecule has 110 valence electrons. The van der Waals surface area contributed by atoms with Crippen molar-refractivity contribution in [2.75, 3.05) is 13.1 Å². The van der Waals surface area contributed by atoms with Crippen LogP contribution in [-0.2, 0) is 4.79 Å². The van der Waals surface area contributed by atoms with Gasteiger partial charge in [-0.25, -0.2) is 8.78 Å². The van der Waals surface area contributed by atoms with Gasteiger partial charge in [0.05, 0.1) is 6.54 Å². The molecule has 1 amide bonds. The van der Waals surface area contributed by atoms with Crippen LogP contribution in [0.2, 0.25) is 0 Å². The lowest BCUT2D eigenvalue weighted by atomic mass is 9.89. The molecule has 5 heteroatoms. The number of alkyl halides is 2. The largest absolute Gasteiger partial charge is 0.337 e. The van der Waals surface area contributed by atoms with E-state index < -0.39 is 13.0 Å². The number of nitrogens with one attached hydrogen (secondary N) is 1. The van der Waals surface area contributed by atoms with Crippen molar-refractivity contribution >= 4 is 5.91 Å². The Morgan fingerprint density at radius 2 is 1.95 bits per heavy atom. The highest BCUT2D eigenvalue weighted by Gasteiger charge is 2.34. The zero-order valence-electron chi connectivity index (χ0n) is 11.6. The Bertz CT molecular complexity index is 300. The van der Waals surface area contributed by atoms with Crippen molar-refractivity contribution in [1.29, 1.82) is 0 Å². The van der Waals surface area contributed by atoms with Crippen LogP contribution >= 0.6 is 0 Å². The third-order valence-corrected chi connectivity index (χ3v) is 4.24. The summed E-state index contributed by atoms with van der Waals surface area (Å²) in [5, 5.41) is 3.54. The first kappa shape index (κ1) is 14.7. The fourth-order valence-corrected chi connectivity index (χ4v) is 3.47. The van der Waals surface area contributed by atoms with Crippen LogP contribution in [0, 0.1) is 5.92 Å². The van der Waals surface area contributed by atoms with Crippen LogP contribution in [0.1, 0.15) is 45.4 Å². The number of piperidine rings is 1. The lowest BCUT2D eigenvalue weighted by molar-refractivity contribution is -0.134. The maximum atomic E-state index is 12.5. The molecule has 19 heavy (non-hydrogen) atoms. The SMILES string of the molecule is CCCN(CC(F)F)C(=O)CC1CC2CCC(C1)N2. The van der Waals surface area contributed by atoms with Gasteiger partial charge in [-0.3, -0.25) is 4.79 Å². The number of carbonyl (C=O) groups excluding carboxylic acids is 1. The minimum absolute atomic E-state index is 0.0894. The van der Waals surface area contributed by atoms with Gasteiger partial charge in [-0.15, -0.1) is 0 Å². The van der Waals surface area contributed by atoms with Gasteiger partial charge in [0, 0.05) is 25.0 Å². The topological polar surface area (TPSA) is 32.3 Å². The summed E-state index contributed by atoms with van der Waals surface area (Å²) in [5.41, 5.74) is 0. The molecule has 2 unspecified atom stereocenters. The fraction of sp³-hybridized carbons (Fsp3) is 0.929. The lowest BCUT2D eigenvalue weighted by Gasteiger charge is -2.30. The van der Waals surface area contributed by atoms with E-state index >= 15 is 0 Å². The summed E-state index contributed by atoms with van der Waals surface area (Å²) < 4.78 is 25.0. The maximum absolute atomic E-state index is 12.5. The van der Waals surface area contributed by atoms with Crippen molar-refractivity contribution in [3.8, 4) is 0 Å². The van der Waals surface area contributed by atoms with E-state index in [1.807, 2.05) is 6.92 Å². The summed E-state index contributed by atoms with van der Waals surface area (Å²) in [6, 6.07) is 1.09. The number of amides is 1. The highest BCUT2D eigenvalue weighted by Crippen LogP contribution is 2.33. The summed E-state index contributed by atoms with van der Waals surface area (Å²) in [4.78, 5) is 13.5. The molecule has 0 spiro atoms. The first-order valence-electron chi connectivity index (χ1n) is 7.40. The quantitative estimate of drug-likeness (QED) is 0.806. The van der Waals surface area contributed by atoms with E-state index in [1.165, 1.54) is 17.7 Å². The Labute approximate surface area is 113 Å². The van der Waals surface area contributed by atoms with E-state index in [1.54, 1.807) is 0 Å². The van der Waals surface area contributed by atoms with Crippen LogP contribution in [0.5, 0.6) is 0 Å². The maximum Gasteiger partial charge on any atom is 0.255 e. The molecule has 0 aromatic carbocycles. The van der Waals surface area contributed by atoms with Gasteiger partial charge in [0.25, 0.3) is 6.43 Å². The van der Waals surface area contributed by atoms with Gasteiger partial charge in [0.2, 0.25) is 5.91 Å². The zero-order chi connectivity index (χ0) is 13.8. The number of hydrogen-bond donors (Lipinski definition) is 1. The average Bonchev–Trinajstić information content (AvgIpc) is 2.67. The van der Waals surface area contributed by atoms with Gasteiger partial charge < -0.3 is 10.2 Å². The van der Waals surface area contributed by atoms with Crippen molar-refractivity contribution in [2.24, 2.45) is 5.92 Å². The van der Waals surface area contributed by atoms with E-state index in [0.29, 0.717) is 31.0 Å². The highest BCUT2D eigenvalue weighted by atomic mass is 19.3. The van der Waals surface area contributed by atoms with Gasteiger partial charge in [-0.1, -0.05) is 6.92 Å². The van der Waals surface area contributed by atoms with Crippen molar-refractivity contribution in [1.82, 2.24) is 10.2 Å². The molecule has 0 aromatic rings. The van der Waals surface area contributed by atoms with Crippen LogP contribution in [0.15, 0.2) is 0 Å². The van der Waals surface area contributed by atoms with Crippen molar-refractivity contribution in [3.63, 3.8) is 0 Å². The van der Waals surface area contributed by atoms with E-state index in [-0.39, 0.29) is 5.91 Å². The summed E-state index contributed by atoms with van der Waals surface area (Å²) in [7, 11) is 0.